The zero-order valence-electron chi connectivity index (χ0n) is 8.56. The number of aliphatic hydroxyl groups excluding tert-OH is 1. The summed E-state index contributed by atoms with van der Waals surface area (Å²) in [4.78, 5) is 0. The van der Waals surface area contributed by atoms with Crippen molar-refractivity contribution in [2.45, 2.75) is 25.4 Å². The maximum absolute atomic E-state index is 9.58. The summed E-state index contributed by atoms with van der Waals surface area (Å²) >= 11 is 0. The van der Waals surface area contributed by atoms with Gasteiger partial charge in [-0.05, 0) is 24.5 Å². The van der Waals surface area contributed by atoms with Crippen LogP contribution in [-0.2, 0) is 4.74 Å². The predicted octanol–water partition coefficient (Wildman–Crippen LogP) is 2.08. The molecule has 0 radical (unpaired) electrons. The van der Waals surface area contributed by atoms with Gasteiger partial charge in [0.05, 0.1) is 6.61 Å². The van der Waals surface area contributed by atoms with Crippen LogP contribution in [0.25, 0.3) is 0 Å². The third-order valence-corrected chi connectivity index (χ3v) is 2.78. The summed E-state index contributed by atoms with van der Waals surface area (Å²) in [6, 6.07) is 3.80. The van der Waals surface area contributed by atoms with Crippen LogP contribution in [0, 0.1) is 5.92 Å². The van der Waals surface area contributed by atoms with Crippen molar-refractivity contribution >= 4 is 0 Å². The lowest BCUT2D eigenvalue weighted by Gasteiger charge is -2.05. The Morgan fingerprint density at radius 3 is 2.93 bits per heavy atom. The van der Waals surface area contributed by atoms with Crippen molar-refractivity contribution in [1.82, 2.24) is 0 Å². The molecule has 0 aliphatic heterocycles. The van der Waals surface area contributed by atoms with Crippen LogP contribution in [0.4, 0.5) is 0 Å². The SMILES string of the molecule is COCC(O)c1ccc(C2CC2C)o1. The highest BCUT2D eigenvalue weighted by Crippen LogP contribution is 2.47. The number of hydrogen-bond acceptors (Lipinski definition) is 3. The van der Waals surface area contributed by atoms with Crippen LogP contribution in [0.1, 0.15) is 36.9 Å². The van der Waals surface area contributed by atoms with Gasteiger partial charge in [-0.3, -0.25) is 0 Å². The first-order valence-electron chi connectivity index (χ1n) is 4.99. The molecule has 1 N–H and O–H groups in total. The molecule has 1 heterocycles. The standard InChI is InChI=1S/C11H16O3/c1-7-5-8(7)10-3-4-11(14-10)9(12)6-13-2/h3-4,7-9,12H,5-6H2,1-2H3. The Labute approximate surface area is 83.7 Å². The van der Waals surface area contributed by atoms with E-state index < -0.39 is 6.10 Å². The monoisotopic (exact) mass is 196 g/mol. The first-order valence-corrected chi connectivity index (χ1v) is 4.99. The van der Waals surface area contributed by atoms with E-state index in [2.05, 4.69) is 6.92 Å². The number of hydrogen-bond donors (Lipinski definition) is 1. The number of ether oxygens (including phenoxy) is 1. The van der Waals surface area contributed by atoms with Crippen LogP contribution < -0.4 is 0 Å². The third kappa shape index (κ3) is 1.83. The van der Waals surface area contributed by atoms with Gasteiger partial charge < -0.3 is 14.3 Å². The second-order valence-corrected chi connectivity index (χ2v) is 4.03. The minimum absolute atomic E-state index is 0.285. The average Bonchev–Trinajstić information content (AvgIpc) is 2.70. The highest BCUT2D eigenvalue weighted by atomic mass is 16.5. The molecular weight excluding hydrogens is 180 g/mol. The maximum Gasteiger partial charge on any atom is 0.135 e. The molecule has 3 atom stereocenters. The highest BCUT2D eigenvalue weighted by molar-refractivity contribution is 5.18. The topological polar surface area (TPSA) is 42.6 Å². The lowest BCUT2D eigenvalue weighted by molar-refractivity contribution is 0.0495. The molecule has 0 amide bonds. The zero-order chi connectivity index (χ0) is 10.1. The molecule has 0 bridgehead atoms. The van der Waals surface area contributed by atoms with E-state index in [0.717, 1.165) is 11.7 Å². The third-order valence-electron chi connectivity index (χ3n) is 2.78. The van der Waals surface area contributed by atoms with Gasteiger partial charge >= 0.3 is 0 Å². The van der Waals surface area contributed by atoms with E-state index >= 15 is 0 Å². The predicted molar refractivity (Wildman–Crippen MR) is 52.1 cm³/mol. The maximum atomic E-state index is 9.58. The smallest absolute Gasteiger partial charge is 0.135 e. The number of methoxy groups -OCH3 is 1. The van der Waals surface area contributed by atoms with Crippen LogP contribution in [-0.4, -0.2) is 18.8 Å². The molecule has 3 nitrogen and oxygen atoms in total. The fourth-order valence-electron chi connectivity index (χ4n) is 1.71. The average molecular weight is 196 g/mol. The summed E-state index contributed by atoms with van der Waals surface area (Å²) in [6.07, 6.45) is 0.565. The second-order valence-electron chi connectivity index (χ2n) is 4.03. The van der Waals surface area contributed by atoms with Gasteiger partial charge in [0.2, 0.25) is 0 Å². The lowest BCUT2D eigenvalue weighted by atomic mass is 10.2. The molecule has 3 heteroatoms. The highest BCUT2D eigenvalue weighted by Gasteiger charge is 2.36. The molecule has 1 fully saturated rings. The van der Waals surface area contributed by atoms with Gasteiger partial charge in [0.1, 0.15) is 17.6 Å². The van der Waals surface area contributed by atoms with Crippen LogP contribution in [0.2, 0.25) is 0 Å². The van der Waals surface area contributed by atoms with E-state index in [4.69, 9.17) is 9.15 Å². The molecule has 0 saturated heterocycles. The molecule has 78 valence electrons. The van der Waals surface area contributed by atoms with Crippen molar-refractivity contribution in [3.63, 3.8) is 0 Å². The Kier molecular flexibility index (Phi) is 2.61. The molecule has 0 spiro atoms. The normalized spacial score (nSPS) is 27.6. The summed E-state index contributed by atoms with van der Waals surface area (Å²) in [5.74, 6) is 2.91. The van der Waals surface area contributed by atoms with Crippen LogP contribution >= 0.6 is 0 Å². The van der Waals surface area contributed by atoms with E-state index in [1.165, 1.54) is 6.42 Å². The van der Waals surface area contributed by atoms with Gasteiger partial charge in [-0.15, -0.1) is 0 Å². The van der Waals surface area contributed by atoms with Gasteiger partial charge in [-0.25, -0.2) is 0 Å². The van der Waals surface area contributed by atoms with Gasteiger partial charge in [0.15, 0.2) is 0 Å². The Morgan fingerprint density at radius 1 is 1.64 bits per heavy atom. The number of rotatable bonds is 4. The second kappa shape index (κ2) is 3.75. The largest absolute Gasteiger partial charge is 0.463 e. The van der Waals surface area contributed by atoms with E-state index in [1.54, 1.807) is 7.11 Å². The Morgan fingerprint density at radius 2 is 2.36 bits per heavy atom. The van der Waals surface area contributed by atoms with E-state index in [0.29, 0.717) is 11.7 Å². The summed E-state index contributed by atoms with van der Waals surface area (Å²) < 4.78 is 10.4. The van der Waals surface area contributed by atoms with Crippen LogP contribution in [0.15, 0.2) is 16.5 Å². The molecule has 1 aromatic heterocycles. The summed E-state index contributed by atoms with van der Waals surface area (Å²) in [5.41, 5.74) is 0. The van der Waals surface area contributed by atoms with E-state index in [9.17, 15) is 5.11 Å². The van der Waals surface area contributed by atoms with Gasteiger partial charge in [-0.1, -0.05) is 6.92 Å². The van der Waals surface area contributed by atoms with Crippen molar-refractivity contribution in [3.05, 3.63) is 23.7 Å². The van der Waals surface area contributed by atoms with Crippen molar-refractivity contribution in [1.29, 1.82) is 0 Å². The molecule has 1 saturated carbocycles. The fraction of sp³-hybridized carbons (Fsp3) is 0.636. The zero-order valence-corrected chi connectivity index (χ0v) is 8.56. The van der Waals surface area contributed by atoms with Crippen molar-refractivity contribution in [2.24, 2.45) is 5.92 Å². The van der Waals surface area contributed by atoms with Crippen molar-refractivity contribution in [2.75, 3.05) is 13.7 Å². The first kappa shape index (κ1) is 9.74. The summed E-state index contributed by atoms with van der Waals surface area (Å²) in [5, 5.41) is 9.58. The molecule has 14 heavy (non-hydrogen) atoms. The lowest BCUT2D eigenvalue weighted by Crippen LogP contribution is -2.03. The van der Waals surface area contributed by atoms with Crippen molar-refractivity contribution in [3.8, 4) is 0 Å². The molecule has 0 aromatic carbocycles. The summed E-state index contributed by atoms with van der Waals surface area (Å²) in [6.45, 7) is 2.49. The minimum atomic E-state index is -0.636. The Balaban J connectivity index is 2.02. The Bertz CT molecular complexity index is 305. The molecular formula is C11H16O3. The van der Waals surface area contributed by atoms with Gasteiger partial charge in [0, 0.05) is 13.0 Å². The first-order chi connectivity index (χ1) is 6.72. The van der Waals surface area contributed by atoms with Crippen LogP contribution in [0.5, 0.6) is 0 Å². The van der Waals surface area contributed by atoms with Gasteiger partial charge in [-0.2, -0.15) is 0 Å². The molecule has 3 unspecified atom stereocenters. The number of aliphatic hydroxyl groups is 1. The molecule has 1 aliphatic carbocycles. The molecule has 1 aliphatic rings. The Hall–Kier alpha value is -0.800. The van der Waals surface area contributed by atoms with E-state index in [1.807, 2.05) is 12.1 Å². The molecule has 2 rings (SSSR count). The van der Waals surface area contributed by atoms with Gasteiger partial charge in [0.25, 0.3) is 0 Å². The van der Waals surface area contributed by atoms with Crippen molar-refractivity contribution < 1.29 is 14.3 Å². The van der Waals surface area contributed by atoms with Crippen LogP contribution in [0.3, 0.4) is 0 Å². The molecule has 1 aromatic rings. The fourth-order valence-corrected chi connectivity index (χ4v) is 1.71. The summed E-state index contributed by atoms with van der Waals surface area (Å²) in [7, 11) is 1.57. The minimum Gasteiger partial charge on any atom is -0.463 e. The quantitative estimate of drug-likeness (QED) is 0.801. The number of furan rings is 1. The van der Waals surface area contributed by atoms with E-state index in [-0.39, 0.29) is 6.61 Å².